The van der Waals surface area contributed by atoms with E-state index in [0.29, 0.717) is 12.5 Å². The number of hydrogen-bond acceptors (Lipinski definition) is 2. The maximum atomic E-state index is 11.8. The summed E-state index contributed by atoms with van der Waals surface area (Å²) in [4.78, 5) is 13.8. The number of phenols is 1. The van der Waals surface area contributed by atoms with Crippen molar-refractivity contribution in [3.63, 3.8) is 0 Å². The Kier molecular flexibility index (Phi) is 2.62. The largest absolute Gasteiger partial charge is 0.508 e. The van der Waals surface area contributed by atoms with Crippen molar-refractivity contribution in [2.24, 2.45) is 0 Å². The van der Waals surface area contributed by atoms with Gasteiger partial charge in [-0.05, 0) is 43.0 Å². The molecule has 94 valence electrons. The number of phenolic OH excluding ortho intramolecular Hbond substituents is 1. The minimum Gasteiger partial charge on any atom is -0.508 e. The predicted molar refractivity (Wildman–Crippen MR) is 70.1 cm³/mol. The van der Waals surface area contributed by atoms with E-state index in [0.717, 1.165) is 24.9 Å². The lowest BCUT2D eigenvalue weighted by Gasteiger charge is -2.32. The van der Waals surface area contributed by atoms with Gasteiger partial charge >= 0.3 is 0 Å². The number of aromatic hydroxyl groups is 1. The lowest BCUT2D eigenvalue weighted by Crippen LogP contribution is -2.37. The van der Waals surface area contributed by atoms with Crippen molar-refractivity contribution >= 4 is 11.5 Å². The summed E-state index contributed by atoms with van der Waals surface area (Å²) in [6, 6.07) is 7.67. The first-order valence-corrected chi connectivity index (χ1v) is 6.42. The molecule has 0 unspecified atom stereocenters. The Morgan fingerprint density at radius 3 is 2.72 bits per heavy atom. The fraction of sp³-hybridized carbons (Fsp3) is 0.400. The molecule has 1 amide bonds. The first-order chi connectivity index (χ1) is 8.65. The summed E-state index contributed by atoms with van der Waals surface area (Å²) in [6.07, 6.45) is 2.68. The van der Waals surface area contributed by atoms with Gasteiger partial charge in [0.15, 0.2) is 0 Å². The van der Waals surface area contributed by atoms with Crippen molar-refractivity contribution in [2.75, 3.05) is 6.54 Å². The molecule has 3 heteroatoms. The van der Waals surface area contributed by atoms with Crippen LogP contribution in [-0.2, 0) is 4.79 Å². The third-order valence-electron chi connectivity index (χ3n) is 4.05. The monoisotopic (exact) mass is 243 g/mol. The molecule has 1 fully saturated rings. The van der Waals surface area contributed by atoms with Crippen LogP contribution in [0.15, 0.2) is 29.8 Å². The summed E-state index contributed by atoms with van der Waals surface area (Å²) in [5.41, 5.74) is 3.72. The zero-order valence-electron chi connectivity index (χ0n) is 10.5. The summed E-state index contributed by atoms with van der Waals surface area (Å²) in [5, 5.41) is 9.33. The highest BCUT2D eigenvalue weighted by atomic mass is 16.3. The van der Waals surface area contributed by atoms with Crippen LogP contribution in [0.1, 0.15) is 31.7 Å². The molecule has 1 saturated heterocycles. The summed E-state index contributed by atoms with van der Waals surface area (Å²) in [7, 11) is 0. The van der Waals surface area contributed by atoms with Crippen LogP contribution in [0.25, 0.3) is 5.57 Å². The van der Waals surface area contributed by atoms with Crippen molar-refractivity contribution in [3.05, 3.63) is 35.4 Å². The molecule has 0 aliphatic carbocycles. The van der Waals surface area contributed by atoms with E-state index in [4.69, 9.17) is 0 Å². The average Bonchev–Trinajstić information content (AvgIpc) is 2.71. The minimum atomic E-state index is 0.280. The molecular weight excluding hydrogens is 226 g/mol. The molecule has 0 saturated carbocycles. The highest BCUT2D eigenvalue weighted by Crippen LogP contribution is 2.35. The predicted octanol–water partition coefficient (Wildman–Crippen LogP) is 2.56. The molecule has 1 atom stereocenters. The number of carbonyl (C=O) groups is 1. The van der Waals surface area contributed by atoms with Crippen molar-refractivity contribution in [3.8, 4) is 5.75 Å². The quantitative estimate of drug-likeness (QED) is 0.823. The average molecular weight is 243 g/mol. The molecule has 0 bridgehead atoms. The molecule has 3 nitrogen and oxygen atoms in total. The van der Waals surface area contributed by atoms with Crippen LogP contribution in [0.2, 0.25) is 0 Å². The van der Waals surface area contributed by atoms with E-state index in [1.807, 2.05) is 17.0 Å². The first-order valence-electron chi connectivity index (χ1n) is 6.42. The van der Waals surface area contributed by atoms with Gasteiger partial charge in [0, 0.05) is 19.0 Å². The Labute approximate surface area is 107 Å². The lowest BCUT2D eigenvalue weighted by molar-refractivity contribution is -0.128. The maximum Gasteiger partial charge on any atom is 0.223 e. The van der Waals surface area contributed by atoms with Gasteiger partial charge in [0.2, 0.25) is 5.91 Å². The molecule has 0 aromatic heterocycles. The molecule has 2 aliphatic rings. The molecule has 1 aromatic carbocycles. The Morgan fingerprint density at radius 2 is 2.00 bits per heavy atom. The van der Waals surface area contributed by atoms with E-state index in [1.54, 1.807) is 12.1 Å². The number of fused-ring (bicyclic) bond motifs is 1. The van der Waals surface area contributed by atoms with Crippen molar-refractivity contribution in [1.82, 2.24) is 4.90 Å². The third kappa shape index (κ3) is 1.80. The number of benzene rings is 1. The number of amides is 1. The summed E-state index contributed by atoms with van der Waals surface area (Å²) >= 11 is 0. The molecule has 3 rings (SSSR count). The molecule has 0 radical (unpaired) electrons. The molecule has 18 heavy (non-hydrogen) atoms. The second-order valence-corrected chi connectivity index (χ2v) is 5.22. The van der Waals surface area contributed by atoms with E-state index in [2.05, 4.69) is 6.92 Å². The van der Waals surface area contributed by atoms with Gasteiger partial charge in [-0.3, -0.25) is 4.79 Å². The second-order valence-electron chi connectivity index (χ2n) is 5.22. The van der Waals surface area contributed by atoms with Crippen LogP contribution in [0.4, 0.5) is 0 Å². The fourth-order valence-corrected chi connectivity index (χ4v) is 3.00. The Morgan fingerprint density at radius 1 is 1.28 bits per heavy atom. The molecule has 1 N–H and O–H groups in total. The number of carbonyl (C=O) groups excluding carboxylic acids is 1. The third-order valence-corrected chi connectivity index (χ3v) is 4.05. The SMILES string of the molecule is CC1=C(c2ccc(O)cc2)CN2C(=O)CC[C@H]2C1. The second kappa shape index (κ2) is 4.16. The summed E-state index contributed by atoms with van der Waals surface area (Å²) in [5.74, 6) is 0.562. The van der Waals surface area contributed by atoms with Crippen molar-refractivity contribution in [1.29, 1.82) is 0 Å². The van der Waals surface area contributed by atoms with Crippen LogP contribution in [0, 0.1) is 0 Å². The Bertz CT molecular complexity index is 516. The van der Waals surface area contributed by atoms with E-state index >= 15 is 0 Å². The minimum absolute atomic E-state index is 0.280. The topological polar surface area (TPSA) is 40.5 Å². The number of hydrogen-bond donors (Lipinski definition) is 1. The van der Waals surface area contributed by atoms with Gasteiger partial charge in [-0.1, -0.05) is 17.7 Å². The molecule has 2 aliphatic heterocycles. The van der Waals surface area contributed by atoms with E-state index in [-0.39, 0.29) is 11.7 Å². The Hall–Kier alpha value is -1.77. The van der Waals surface area contributed by atoms with E-state index < -0.39 is 0 Å². The molecule has 1 aromatic rings. The summed E-state index contributed by atoms with van der Waals surface area (Å²) in [6.45, 7) is 2.88. The molecule has 0 spiro atoms. The molecule has 2 heterocycles. The van der Waals surface area contributed by atoms with Crippen LogP contribution in [0.3, 0.4) is 0 Å². The van der Waals surface area contributed by atoms with Gasteiger partial charge in [-0.25, -0.2) is 0 Å². The van der Waals surface area contributed by atoms with Crippen molar-refractivity contribution in [2.45, 2.75) is 32.2 Å². The van der Waals surface area contributed by atoms with Crippen LogP contribution in [0.5, 0.6) is 5.75 Å². The zero-order valence-corrected chi connectivity index (χ0v) is 10.5. The van der Waals surface area contributed by atoms with Crippen LogP contribution >= 0.6 is 0 Å². The molecular formula is C15H17NO2. The maximum absolute atomic E-state index is 11.8. The van der Waals surface area contributed by atoms with E-state index in [9.17, 15) is 9.90 Å². The smallest absolute Gasteiger partial charge is 0.223 e. The first kappa shape index (κ1) is 11.3. The lowest BCUT2D eigenvalue weighted by atomic mass is 9.91. The Balaban J connectivity index is 1.94. The highest BCUT2D eigenvalue weighted by molar-refractivity contribution is 5.83. The van der Waals surface area contributed by atoms with Crippen LogP contribution in [-0.4, -0.2) is 28.5 Å². The van der Waals surface area contributed by atoms with E-state index in [1.165, 1.54) is 11.1 Å². The summed E-state index contributed by atoms with van der Waals surface area (Å²) < 4.78 is 0. The van der Waals surface area contributed by atoms with Gasteiger partial charge in [0.05, 0.1) is 0 Å². The van der Waals surface area contributed by atoms with Gasteiger partial charge < -0.3 is 10.0 Å². The van der Waals surface area contributed by atoms with Gasteiger partial charge in [0.1, 0.15) is 5.75 Å². The fourth-order valence-electron chi connectivity index (χ4n) is 3.00. The number of rotatable bonds is 1. The van der Waals surface area contributed by atoms with Crippen LogP contribution < -0.4 is 0 Å². The number of nitrogens with zero attached hydrogens (tertiary/aromatic N) is 1. The van der Waals surface area contributed by atoms with Gasteiger partial charge in [-0.2, -0.15) is 0 Å². The normalized spacial score (nSPS) is 23.5. The van der Waals surface area contributed by atoms with Crippen molar-refractivity contribution < 1.29 is 9.90 Å². The zero-order chi connectivity index (χ0) is 12.7. The van der Waals surface area contributed by atoms with Gasteiger partial charge in [-0.15, -0.1) is 0 Å². The van der Waals surface area contributed by atoms with Gasteiger partial charge in [0.25, 0.3) is 0 Å². The standard InChI is InChI=1S/C15H17NO2/c1-10-8-12-4-7-15(18)16(12)9-14(10)11-2-5-13(17)6-3-11/h2-3,5-6,12,17H,4,7-9H2,1H3/t12-/m0/s1. The highest BCUT2D eigenvalue weighted by Gasteiger charge is 2.35.